The van der Waals surface area contributed by atoms with Gasteiger partial charge >= 0.3 is 0 Å². The predicted octanol–water partition coefficient (Wildman–Crippen LogP) is 2.41. The van der Waals surface area contributed by atoms with Crippen LogP contribution >= 0.6 is 11.6 Å². The van der Waals surface area contributed by atoms with Gasteiger partial charge in [-0.05, 0) is 30.9 Å². The molecule has 1 unspecified atom stereocenters. The zero-order chi connectivity index (χ0) is 12.3. The molecule has 3 nitrogen and oxygen atoms in total. The van der Waals surface area contributed by atoms with Crippen molar-refractivity contribution in [3.63, 3.8) is 0 Å². The Labute approximate surface area is 105 Å². The number of nitrogens with one attached hydrogen (secondary N) is 1. The van der Waals surface area contributed by atoms with Crippen LogP contribution in [0.15, 0.2) is 18.2 Å². The third kappa shape index (κ3) is 2.96. The molecule has 2 rings (SSSR count). The van der Waals surface area contributed by atoms with E-state index in [1.165, 1.54) is 6.07 Å². The zero-order valence-corrected chi connectivity index (χ0v) is 10.2. The Kier molecular flexibility index (Phi) is 4.34. The molecule has 0 aliphatic carbocycles. The van der Waals surface area contributed by atoms with Gasteiger partial charge in [0, 0.05) is 23.8 Å². The Hall–Kier alpha value is -0.680. The van der Waals surface area contributed by atoms with Crippen molar-refractivity contribution >= 4 is 11.6 Å². The van der Waals surface area contributed by atoms with Gasteiger partial charge in [0.05, 0.1) is 6.04 Å². The molecule has 0 aromatic heterocycles. The number of rotatable bonds is 3. The summed E-state index contributed by atoms with van der Waals surface area (Å²) in [7, 11) is 0. The van der Waals surface area contributed by atoms with Crippen LogP contribution in [0.1, 0.15) is 24.4 Å². The third-order valence-corrected chi connectivity index (χ3v) is 3.45. The molecule has 1 aliphatic rings. The van der Waals surface area contributed by atoms with Crippen molar-refractivity contribution in [2.24, 2.45) is 11.8 Å². The fraction of sp³-hybridized carbons (Fsp3) is 0.500. The Morgan fingerprint density at radius 2 is 2.12 bits per heavy atom. The van der Waals surface area contributed by atoms with Crippen LogP contribution in [0, 0.1) is 11.7 Å². The van der Waals surface area contributed by atoms with E-state index < -0.39 is 0 Å². The first kappa shape index (κ1) is 12.8. The minimum absolute atomic E-state index is 0.184. The minimum atomic E-state index is -0.313. The van der Waals surface area contributed by atoms with Crippen molar-refractivity contribution < 1.29 is 9.13 Å². The van der Waals surface area contributed by atoms with E-state index in [-0.39, 0.29) is 11.9 Å². The van der Waals surface area contributed by atoms with E-state index >= 15 is 0 Å². The van der Waals surface area contributed by atoms with Crippen LogP contribution in [0.25, 0.3) is 0 Å². The highest BCUT2D eigenvalue weighted by atomic mass is 35.5. The maximum Gasteiger partial charge on any atom is 0.129 e. The quantitative estimate of drug-likeness (QED) is 0.647. The Morgan fingerprint density at radius 3 is 2.71 bits per heavy atom. The summed E-state index contributed by atoms with van der Waals surface area (Å²) in [6, 6.07) is 4.51. The molecule has 1 saturated heterocycles. The molecule has 1 aliphatic heterocycles. The molecule has 1 aromatic carbocycles. The molecule has 94 valence electrons. The number of halogens is 2. The summed E-state index contributed by atoms with van der Waals surface area (Å²) in [4.78, 5) is 0. The van der Waals surface area contributed by atoms with Gasteiger partial charge in [-0.2, -0.15) is 0 Å². The topological polar surface area (TPSA) is 47.3 Å². The third-order valence-electron chi connectivity index (χ3n) is 3.21. The molecule has 1 atom stereocenters. The van der Waals surface area contributed by atoms with Gasteiger partial charge in [-0.25, -0.2) is 4.39 Å². The van der Waals surface area contributed by atoms with E-state index in [4.69, 9.17) is 22.2 Å². The minimum Gasteiger partial charge on any atom is -0.381 e. The highest BCUT2D eigenvalue weighted by Gasteiger charge is 2.26. The predicted molar refractivity (Wildman–Crippen MR) is 65.0 cm³/mol. The van der Waals surface area contributed by atoms with Crippen molar-refractivity contribution in [1.82, 2.24) is 5.43 Å². The first-order valence-corrected chi connectivity index (χ1v) is 6.09. The lowest BCUT2D eigenvalue weighted by Crippen LogP contribution is -2.36. The summed E-state index contributed by atoms with van der Waals surface area (Å²) in [5, 5.41) is 0.397. The van der Waals surface area contributed by atoms with E-state index in [1.807, 2.05) is 0 Å². The standard InChI is InChI=1S/C12H16ClFN2O/c13-9-1-2-10(11(14)7-9)12(16-15)8-3-5-17-6-4-8/h1-2,7-8,12,16H,3-6,15H2. The van der Waals surface area contributed by atoms with Gasteiger partial charge in [0.1, 0.15) is 5.82 Å². The van der Waals surface area contributed by atoms with Crippen LogP contribution in [0.5, 0.6) is 0 Å². The van der Waals surface area contributed by atoms with Crippen LogP contribution in [0.4, 0.5) is 4.39 Å². The number of hydrogen-bond donors (Lipinski definition) is 2. The van der Waals surface area contributed by atoms with Crippen molar-refractivity contribution in [1.29, 1.82) is 0 Å². The van der Waals surface area contributed by atoms with Crippen LogP contribution in [0.2, 0.25) is 5.02 Å². The van der Waals surface area contributed by atoms with Gasteiger partial charge < -0.3 is 4.74 Å². The van der Waals surface area contributed by atoms with E-state index in [9.17, 15) is 4.39 Å². The molecule has 5 heteroatoms. The molecule has 3 N–H and O–H groups in total. The highest BCUT2D eigenvalue weighted by Crippen LogP contribution is 2.31. The molecule has 1 aromatic rings. The molecule has 0 amide bonds. The van der Waals surface area contributed by atoms with Gasteiger partial charge in [0.2, 0.25) is 0 Å². The molecule has 0 saturated carbocycles. The molecule has 0 radical (unpaired) electrons. The van der Waals surface area contributed by atoms with Crippen molar-refractivity contribution in [3.8, 4) is 0 Å². The smallest absolute Gasteiger partial charge is 0.129 e. The summed E-state index contributed by atoms with van der Waals surface area (Å²) in [5.74, 6) is 5.53. The lowest BCUT2D eigenvalue weighted by atomic mass is 9.87. The van der Waals surface area contributed by atoms with E-state index in [0.717, 1.165) is 12.8 Å². The molecule has 17 heavy (non-hydrogen) atoms. The molecular formula is C12H16ClFN2O. The SMILES string of the molecule is NNC(c1ccc(Cl)cc1F)C1CCOCC1. The van der Waals surface area contributed by atoms with Crippen molar-refractivity contribution in [3.05, 3.63) is 34.6 Å². The fourth-order valence-electron chi connectivity index (χ4n) is 2.28. The summed E-state index contributed by atoms with van der Waals surface area (Å²) in [5.41, 5.74) is 3.28. The molecular weight excluding hydrogens is 243 g/mol. The average Bonchev–Trinajstić information content (AvgIpc) is 2.34. The lowest BCUT2D eigenvalue weighted by Gasteiger charge is -2.30. The molecule has 1 heterocycles. The average molecular weight is 259 g/mol. The van der Waals surface area contributed by atoms with Crippen LogP contribution in [0.3, 0.4) is 0 Å². The van der Waals surface area contributed by atoms with E-state index in [1.54, 1.807) is 12.1 Å². The van der Waals surface area contributed by atoms with E-state index in [2.05, 4.69) is 5.43 Å². The number of nitrogens with two attached hydrogens (primary N) is 1. The lowest BCUT2D eigenvalue weighted by molar-refractivity contribution is 0.0531. The Balaban J connectivity index is 2.21. The van der Waals surface area contributed by atoms with Crippen molar-refractivity contribution in [2.75, 3.05) is 13.2 Å². The van der Waals surface area contributed by atoms with E-state index in [0.29, 0.717) is 29.7 Å². The molecule has 0 spiro atoms. The van der Waals surface area contributed by atoms with Crippen LogP contribution < -0.4 is 11.3 Å². The number of hydrogen-bond acceptors (Lipinski definition) is 3. The van der Waals surface area contributed by atoms with Crippen LogP contribution in [-0.2, 0) is 4.74 Å². The fourth-order valence-corrected chi connectivity index (χ4v) is 2.44. The molecule has 0 bridgehead atoms. The second kappa shape index (κ2) is 5.78. The summed E-state index contributed by atoms with van der Waals surface area (Å²) in [6.07, 6.45) is 1.77. The molecule has 1 fully saturated rings. The van der Waals surface area contributed by atoms with Gasteiger partial charge in [0.15, 0.2) is 0 Å². The number of benzene rings is 1. The Morgan fingerprint density at radius 1 is 1.41 bits per heavy atom. The Bertz CT molecular complexity index is 383. The highest BCUT2D eigenvalue weighted by molar-refractivity contribution is 6.30. The summed E-state index contributed by atoms with van der Waals surface area (Å²) in [6.45, 7) is 1.41. The van der Waals surface area contributed by atoms with Gasteiger partial charge in [0.25, 0.3) is 0 Å². The summed E-state index contributed by atoms with van der Waals surface area (Å²) < 4.78 is 19.1. The zero-order valence-electron chi connectivity index (χ0n) is 9.46. The monoisotopic (exact) mass is 258 g/mol. The maximum absolute atomic E-state index is 13.8. The summed E-state index contributed by atoms with van der Waals surface area (Å²) >= 11 is 5.74. The normalized spacial score (nSPS) is 19.2. The van der Waals surface area contributed by atoms with Gasteiger partial charge in [-0.3, -0.25) is 11.3 Å². The number of hydrazine groups is 1. The first-order valence-electron chi connectivity index (χ1n) is 5.71. The maximum atomic E-state index is 13.8. The van der Waals surface area contributed by atoms with Gasteiger partial charge in [-0.1, -0.05) is 17.7 Å². The second-order valence-electron chi connectivity index (χ2n) is 4.26. The largest absolute Gasteiger partial charge is 0.381 e. The van der Waals surface area contributed by atoms with Crippen LogP contribution in [-0.4, -0.2) is 13.2 Å². The second-order valence-corrected chi connectivity index (χ2v) is 4.70. The van der Waals surface area contributed by atoms with Crippen molar-refractivity contribution in [2.45, 2.75) is 18.9 Å². The number of ether oxygens (including phenoxy) is 1. The first-order chi connectivity index (χ1) is 8.22. The van der Waals surface area contributed by atoms with Gasteiger partial charge in [-0.15, -0.1) is 0 Å².